The second kappa shape index (κ2) is 3.66. The minimum absolute atomic E-state index is 0.0614. The van der Waals surface area contributed by atoms with Gasteiger partial charge in [0.15, 0.2) is 0 Å². The van der Waals surface area contributed by atoms with Crippen LogP contribution in [0.2, 0.25) is 0 Å². The molecule has 0 radical (unpaired) electrons. The Kier molecular flexibility index (Phi) is 2.49. The quantitative estimate of drug-likeness (QED) is 0.785. The standard InChI is InChI=1S/C12H16N2O/c1-12(13)7-8-14(11(12)15)9-10-5-3-2-4-6-10/h2-6H,7-9,13H2,1H3. The molecule has 1 aliphatic heterocycles. The van der Waals surface area contributed by atoms with Gasteiger partial charge in [-0.15, -0.1) is 0 Å². The highest BCUT2D eigenvalue weighted by atomic mass is 16.2. The first kappa shape index (κ1) is 10.2. The molecule has 80 valence electrons. The van der Waals surface area contributed by atoms with E-state index in [9.17, 15) is 4.79 Å². The summed E-state index contributed by atoms with van der Waals surface area (Å²) >= 11 is 0. The number of likely N-dealkylation sites (tertiary alicyclic amines) is 1. The van der Waals surface area contributed by atoms with Crippen molar-refractivity contribution in [3.05, 3.63) is 35.9 Å². The Morgan fingerprint density at radius 1 is 1.40 bits per heavy atom. The zero-order chi connectivity index (χ0) is 10.9. The molecule has 0 bridgehead atoms. The summed E-state index contributed by atoms with van der Waals surface area (Å²) in [5, 5.41) is 0. The van der Waals surface area contributed by atoms with Gasteiger partial charge in [-0.05, 0) is 18.9 Å². The molecule has 3 heteroatoms. The van der Waals surface area contributed by atoms with Crippen molar-refractivity contribution in [2.75, 3.05) is 6.54 Å². The molecule has 1 heterocycles. The van der Waals surface area contributed by atoms with Gasteiger partial charge in [-0.2, -0.15) is 0 Å². The fraction of sp³-hybridized carbons (Fsp3) is 0.417. The Hall–Kier alpha value is -1.35. The minimum atomic E-state index is -0.658. The maximum atomic E-state index is 11.8. The fourth-order valence-corrected chi connectivity index (χ4v) is 1.89. The van der Waals surface area contributed by atoms with Crippen molar-refractivity contribution in [2.45, 2.75) is 25.4 Å². The van der Waals surface area contributed by atoms with Gasteiger partial charge in [0.1, 0.15) is 0 Å². The molecule has 1 atom stereocenters. The number of carbonyl (C=O) groups is 1. The largest absolute Gasteiger partial charge is 0.337 e. The van der Waals surface area contributed by atoms with E-state index in [1.165, 1.54) is 0 Å². The number of nitrogens with zero attached hydrogens (tertiary/aromatic N) is 1. The third kappa shape index (κ3) is 2.02. The Bertz CT molecular complexity index is 359. The zero-order valence-electron chi connectivity index (χ0n) is 8.94. The summed E-state index contributed by atoms with van der Waals surface area (Å²) in [6.45, 7) is 3.24. The van der Waals surface area contributed by atoms with Gasteiger partial charge in [-0.3, -0.25) is 4.79 Å². The van der Waals surface area contributed by atoms with Crippen LogP contribution in [0.4, 0.5) is 0 Å². The molecule has 1 aliphatic rings. The van der Waals surface area contributed by atoms with Crippen LogP contribution in [0.5, 0.6) is 0 Å². The molecule has 2 N–H and O–H groups in total. The number of carbonyl (C=O) groups excluding carboxylic acids is 1. The maximum absolute atomic E-state index is 11.8. The van der Waals surface area contributed by atoms with Crippen molar-refractivity contribution in [3.8, 4) is 0 Å². The molecule has 0 saturated carbocycles. The van der Waals surface area contributed by atoms with Gasteiger partial charge < -0.3 is 10.6 Å². The fourth-order valence-electron chi connectivity index (χ4n) is 1.89. The number of rotatable bonds is 2. The van der Waals surface area contributed by atoms with Gasteiger partial charge in [0.05, 0.1) is 5.54 Å². The molecule has 1 unspecified atom stereocenters. The Balaban J connectivity index is 2.06. The van der Waals surface area contributed by atoms with Gasteiger partial charge in [-0.1, -0.05) is 30.3 Å². The van der Waals surface area contributed by atoms with Crippen LogP contribution in [0.1, 0.15) is 18.9 Å². The molecule has 2 rings (SSSR count). The highest BCUT2D eigenvalue weighted by molar-refractivity contribution is 5.87. The van der Waals surface area contributed by atoms with Gasteiger partial charge in [0.2, 0.25) is 5.91 Å². The second-order valence-corrected chi connectivity index (χ2v) is 4.38. The lowest BCUT2D eigenvalue weighted by Gasteiger charge is -2.19. The maximum Gasteiger partial charge on any atom is 0.242 e. The van der Waals surface area contributed by atoms with Crippen LogP contribution in [-0.4, -0.2) is 22.9 Å². The Morgan fingerprint density at radius 2 is 2.07 bits per heavy atom. The van der Waals surface area contributed by atoms with Gasteiger partial charge >= 0.3 is 0 Å². The number of hydrogen-bond donors (Lipinski definition) is 1. The lowest BCUT2D eigenvalue weighted by molar-refractivity contribution is -0.132. The average Bonchev–Trinajstić information content (AvgIpc) is 2.47. The van der Waals surface area contributed by atoms with Crippen molar-refractivity contribution < 1.29 is 4.79 Å². The van der Waals surface area contributed by atoms with Crippen LogP contribution in [0.3, 0.4) is 0 Å². The molecule has 1 aromatic carbocycles. The molecule has 1 fully saturated rings. The highest BCUT2D eigenvalue weighted by Gasteiger charge is 2.38. The van der Waals surface area contributed by atoms with Crippen LogP contribution < -0.4 is 5.73 Å². The van der Waals surface area contributed by atoms with Crippen molar-refractivity contribution in [2.24, 2.45) is 5.73 Å². The van der Waals surface area contributed by atoms with Gasteiger partial charge in [-0.25, -0.2) is 0 Å². The van der Waals surface area contributed by atoms with Crippen molar-refractivity contribution in [3.63, 3.8) is 0 Å². The second-order valence-electron chi connectivity index (χ2n) is 4.38. The predicted molar refractivity (Wildman–Crippen MR) is 59.1 cm³/mol. The van der Waals surface area contributed by atoms with Crippen LogP contribution in [0.15, 0.2) is 30.3 Å². The molecular formula is C12H16N2O. The summed E-state index contributed by atoms with van der Waals surface area (Å²) in [5.41, 5.74) is 6.37. The molecule has 0 aromatic heterocycles. The van der Waals surface area contributed by atoms with Crippen LogP contribution in [-0.2, 0) is 11.3 Å². The van der Waals surface area contributed by atoms with Crippen molar-refractivity contribution in [1.82, 2.24) is 4.90 Å². The van der Waals surface area contributed by atoms with Crippen molar-refractivity contribution >= 4 is 5.91 Å². The number of benzene rings is 1. The van der Waals surface area contributed by atoms with Crippen molar-refractivity contribution in [1.29, 1.82) is 0 Å². The molecular weight excluding hydrogens is 188 g/mol. The van der Waals surface area contributed by atoms with Crippen LogP contribution >= 0.6 is 0 Å². The molecule has 3 nitrogen and oxygen atoms in total. The minimum Gasteiger partial charge on any atom is -0.337 e. The van der Waals surface area contributed by atoms with E-state index in [2.05, 4.69) is 0 Å². The third-order valence-corrected chi connectivity index (χ3v) is 2.89. The number of nitrogens with two attached hydrogens (primary N) is 1. The summed E-state index contributed by atoms with van der Waals surface area (Å²) in [6.07, 6.45) is 0.749. The summed E-state index contributed by atoms with van der Waals surface area (Å²) < 4.78 is 0. The smallest absolute Gasteiger partial charge is 0.242 e. The monoisotopic (exact) mass is 204 g/mol. The third-order valence-electron chi connectivity index (χ3n) is 2.89. The van der Waals surface area contributed by atoms with E-state index in [0.29, 0.717) is 6.54 Å². The lowest BCUT2D eigenvalue weighted by atomic mass is 10.0. The molecule has 0 aliphatic carbocycles. The van der Waals surface area contributed by atoms with E-state index in [4.69, 9.17) is 5.73 Å². The van der Waals surface area contributed by atoms with Crippen LogP contribution in [0, 0.1) is 0 Å². The summed E-state index contributed by atoms with van der Waals surface area (Å²) in [4.78, 5) is 13.7. The molecule has 15 heavy (non-hydrogen) atoms. The summed E-state index contributed by atoms with van der Waals surface area (Å²) in [5.74, 6) is 0.0614. The molecule has 0 spiro atoms. The van der Waals surface area contributed by atoms with Gasteiger partial charge in [0, 0.05) is 13.1 Å². The molecule has 1 aromatic rings. The zero-order valence-corrected chi connectivity index (χ0v) is 8.94. The van der Waals surface area contributed by atoms with E-state index < -0.39 is 5.54 Å². The number of hydrogen-bond acceptors (Lipinski definition) is 2. The number of amides is 1. The lowest BCUT2D eigenvalue weighted by Crippen LogP contribution is -2.44. The van der Waals surface area contributed by atoms with E-state index >= 15 is 0 Å². The topological polar surface area (TPSA) is 46.3 Å². The first-order valence-electron chi connectivity index (χ1n) is 5.22. The SMILES string of the molecule is CC1(N)CCN(Cc2ccccc2)C1=O. The van der Waals surface area contributed by atoms with Crippen LogP contribution in [0.25, 0.3) is 0 Å². The van der Waals surface area contributed by atoms with E-state index in [1.807, 2.05) is 35.2 Å². The summed E-state index contributed by atoms with van der Waals surface area (Å²) in [6, 6.07) is 10.00. The van der Waals surface area contributed by atoms with Gasteiger partial charge in [0.25, 0.3) is 0 Å². The Morgan fingerprint density at radius 3 is 2.60 bits per heavy atom. The Labute approximate surface area is 89.9 Å². The average molecular weight is 204 g/mol. The molecule has 1 amide bonds. The van der Waals surface area contributed by atoms with E-state index in [-0.39, 0.29) is 5.91 Å². The summed E-state index contributed by atoms with van der Waals surface area (Å²) in [7, 11) is 0. The van der Waals surface area contributed by atoms with E-state index in [0.717, 1.165) is 18.5 Å². The first-order valence-corrected chi connectivity index (χ1v) is 5.22. The normalized spacial score (nSPS) is 26.0. The predicted octanol–water partition coefficient (Wildman–Crippen LogP) is 1.14. The first-order chi connectivity index (χ1) is 7.09. The molecule has 1 saturated heterocycles. The van der Waals surface area contributed by atoms with E-state index in [1.54, 1.807) is 6.92 Å². The highest BCUT2D eigenvalue weighted by Crippen LogP contribution is 2.21.